The molecule has 0 aromatic carbocycles. The van der Waals surface area contributed by atoms with Crippen molar-refractivity contribution in [1.29, 1.82) is 0 Å². The van der Waals surface area contributed by atoms with Crippen LogP contribution in [0, 0.1) is 0 Å². The lowest BCUT2D eigenvalue weighted by molar-refractivity contribution is 0.381. The van der Waals surface area contributed by atoms with Crippen LogP contribution in [-0.4, -0.2) is 60.0 Å². The number of nitrogens with zero attached hydrogens (tertiary/aromatic N) is 4. The van der Waals surface area contributed by atoms with Gasteiger partial charge in [0.2, 0.25) is 0 Å². The van der Waals surface area contributed by atoms with Crippen LogP contribution in [0.5, 0.6) is 0 Å². The van der Waals surface area contributed by atoms with Crippen molar-refractivity contribution < 1.29 is 8.42 Å². The van der Waals surface area contributed by atoms with Crippen LogP contribution in [0.4, 0.5) is 0 Å². The Balaban J connectivity index is 2.02. The zero-order valence-corrected chi connectivity index (χ0v) is 13.2. The second-order valence-electron chi connectivity index (χ2n) is 5.87. The highest BCUT2D eigenvalue weighted by molar-refractivity contribution is 7.91. The zero-order chi connectivity index (χ0) is 15.0. The van der Waals surface area contributed by atoms with Crippen LogP contribution in [0.2, 0.25) is 0 Å². The molecule has 1 aliphatic heterocycles. The number of fused-ring (bicyclic) bond motifs is 1. The molecule has 21 heavy (non-hydrogen) atoms. The maximum Gasteiger partial charge on any atom is 0.160 e. The average Bonchev–Trinajstić information content (AvgIpc) is 2.96. The number of rotatable bonds is 4. The molecular formula is C14H20N4O2S. The molecule has 0 bridgehead atoms. The molecule has 0 spiro atoms. The van der Waals surface area contributed by atoms with Crippen LogP contribution in [0.3, 0.4) is 0 Å². The SMILES string of the molecule is CN(C)CCn1c(C2CCS(=O)(=O)C2)nc2cccnc21. The van der Waals surface area contributed by atoms with Gasteiger partial charge in [-0.3, -0.25) is 0 Å². The molecule has 0 amide bonds. The van der Waals surface area contributed by atoms with Gasteiger partial charge in [-0.2, -0.15) is 0 Å². The first kappa shape index (κ1) is 14.5. The molecule has 1 aliphatic rings. The van der Waals surface area contributed by atoms with Crippen molar-refractivity contribution in [3.05, 3.63) is 24.2 Å². The lowest BCUT2D eigenvalue weighted by atomic mass is 10.1. The molecular weight excluding hydrogens is 288 g/mol. The molecule has 0 aliphatic carbocycles. The topological polar surface area (TPSA) is 68.1 Å². The average molecular weight is 308 g/mol. The van der Waals surface area contributed by atoms with E-state index in [4.69, 9.17) is 0 Å². The number of likely N-dealkylation sites (N-methyl/N-ethyl adjacent to an activating group) is 1. The smallest absolute Gasteiger partial charge is 0.160 e. The number of sulfone groups is 1. The lowest BCUT2D eigenvalue weighted by Crippen LogP contribution is -2.21. The van der Waals surface area contributed by atoms with E-state index in [1.807, 2.05) is 26.2 Å². The van der Waals surface area contributed by atoms with Gasteiger partial charge in [-0.15, -0.1) is 0 Å². The molecule has 3 rings (SSSR count). The molecule has 7 heteroatoms. The number of hydrogen-bond donors (Lipinski definition) is 0. The lowest BCUT2D eigenvalue weighted by Gasteiger charge is -2.15. The first-order valence-corrected chi connectivity index (χ1v) is 8.95. The van der Waals surface area contributed by atoms with Crippen LogP contribution >= 0.6 is 0 Å². The van der Waals surface area contributed by atoms with E-state index in [0.29, 0.717) is 6.42 Å². The third-order valence-corrected chi connectivity index (χ3v) is 5.67. The quantitative estimate of drug-likeness (QED) is 0.839. The fourth-order valence-corrected chi connectivity index (χ4v) is 4.55. The van der Waals surface area contributed by atoms with Crippen LogP contribution < -0.4 is 0 Å². The Morgan fingerprint density at radius 2 is 2.24 bits per heavy atom. The van der Waals surface area contributed by atoms with Gasteiger partial charge in [-0.05, 0) is 32.6 Å². The van der Waals surface area contributed by atoms with Crippen LogP contribution in [0.15, 0.2) is 18.3 Å². The molecule has 0 radical (unpaired) electrons. The highest BCUT2D eigenvalue weighted by Crippen LogP contribution is 2.30. The molecule has 0 N–H and O–H groups in total. The maximum atomic E-state index is 11.7. The summed E-state index contributed by atoms with van der Waals surface area (Å²) in [7, 11) is 1.13. The third kappa shape index (κ3) is 2.94. The Kier molecular flexibility index (Phi) is 3.71. The molecule has 2 aromatic heterocycles. The highest BCUT2D eigenvalue weighted by Gasteiger charge is 2.32. The summed E-state index contributed by atoms with van der Waals surface area (Å²) >= 11 is 0. The van der Waals surface area contributed by atoms with E-state index >= 15 is 0 Å². The Morgan fingerprint density at radius 1 is 1.43 bits per heavy atom. The van der Waals surface area contributed by atoms with Crippen molar-refractivity contribution >= 4 is 21.0 Å². The fraction of sp³-hybridized carbons (Fsp3) is 0.571. The van der Waals surface area contributed by atoms with Gasteiger partial charge in [-0.1, -0.05) is 0 Å². The van der Waals surface area contributed by atoms with Gasteiger partial charge < -0.3 is 9.47 Å². The fourth-order valence-electron chi connectivity index (χ4n) is 2.81. The molecule has 6 nitrogen and oxygen atoms in total. The van der Waals surface area contributed by atoms with E-state index < -0.39 is 9.84 Å². The second-order valence-corrected chi connectivity index (χ2v) is 8.10. The van der Waals surface area contributed by atoms with Gasteiger partial charge in [0.1, 0.15) is 11.3 Å². The summed E-state index contributed by atoms with van der Waals surface area (Å²) in [5, 5.41) is 0. The molecule has 3 heterocycles. The first-order valence-electron chi connectivity index (χ1n) is 7.12. The van der Waals surface area contributed by atoms with Crippen LogP contribution in [0.25, 0.3) is 11.2 Å². The summed E-state index contributed by atoms with van der Waals surface area (Å²) in [5.74, 6) is 1.33. The third-order valence-electron chi connectivity index (χ3n) is 3.90. The van der Waals surface area contributed by atoms with Crippen LogP contribution in [0.1, 0.15) is 18.2 Å². The van der Waals surface area contributed by atoms with Crippen molar-refractivity contribution in [2.45, 2.75) is 18.9 Å². The molecule has 2 aromatic rings. The van der Waals surface area contributed by atoms with Gasteiger partial charge in [0.15, 0.2) is 15.5 Å². The van der Waals surface area contributed by atoms with Gasteiger partial charge >= 0.3 is 0 Å². The van der Waals surface area contributed by atoms with Crippen molar-refractivity contribution in [2.24, 2.45) is 0 Å². The van der Waals surface area contributed by atoms with Gasteiger partial charge in [0.05, 0.1) is 11.5 Å². The monoisotopic (exact) mass is 308 g/mol. The van der Waals surface area contributed by atoms with Crippen molar-refractivity contribution in [1.82, 2.24) is 19.4 Å². The summed E-state index contributed by atoms with van der Waals surface area (Å²) in [6.45, 7) is 1.64. The minimum atomic E-state index is -2.91. The van der Waals surface area contributed by atoms with E-state index in [1.165, 1.54) is 0 Å². The standard InChI is InChI=1S/C14H20N4O2S/c1-17(2)7-8-18-13(11-5-9-21(19,20)10-11)16-12-4-3-6-15-14(12)18/h3-4,6,11H,5,7-10H2,1-2H3. The first-order chi connectivity index (χ1) is 9.96. The summed E-state index contributed by atoms with van der Waals surface area (Å²) in [5.41, 5.74) is 1.69. The molecule has 1 atom stereocenters. The molecule has 114 valence electrons. The van der Waals surface area contributed by atoms with E-state index in [1.54, 1.807) is 6.20 Å². The predicted molar refractivity (Wildman–Crippen MR) is 82.1 cm³/mol. The normalized spacial score (nSPS) is 21.4. The summed E-state index contributed by atoms with van der Waals surface area (Å²) in [4.78, 5) is 11.2. The minimum absolute atomic E-state index is 0.00800. The molecule has 0 saturated carbocycles. The van der Waals surface area contributed by atoms with Gasteiger partial charge in [0, 0.05) is 25.2 Å². The maximum absolute atomic E-state index is 11.7. The van der Waals surface area contributed by atoms with E-state index in [0.717, 1.165) is 30.1 Å². The highest BCUT2D eigenvalue weighted by atomic mass is 32.2. The molecule has 1 unspecified atom stereocenters. The Bertz CT molecular complexity index is 751. The van der Waals surface area contributed by atoms with Gasteiger partial charge in [-0.25, -0.2) is 18.4 Å². The van der Waals surface area contributed by atoms with Crippen molar-refractivity contribution in [3.8, 4) is 0 Å². The van der Waals surface area contributed by atoms with Crippen molar-refractivity contribution in [3.63, 3.8) is 0 Å². The number of hydrogen-bond acceptors (Lipinski definition) is 5. The minimum Gasteiger partial charge on any atom is -0.311 e. The van der Waals surface area contributed by atoms with Crippen molar-refractivity contribution in [2.75, 3.05) is 32.1 Å². The number of imidazole rings is 1. The predicted octanol–water partition coefficient (Wildman–Crippen LogP) is 0.895. The van der Waals surface area contributed by atoms with E-state index in [-0.39, 0.29) is 17.4 Å². The molecule has 1 fully saturated rings. The summed E-state index contributed by atoms with van der Waals surface area (Å²) in [6, 6.07) is 3.79. The zero-order valence-electron chi connectivity index (χ0n) is 12.4. The van der Waals surface area contributed by atoms with E-state index in [2.05, 4.69) is 19.4 Å². The number of pyridine rings is 1. The Morgan fingerprint density at radius 3 is 2.90 bits per heavy atom. The Hall–Kier alpha value is -1.47. The summed E-state index contributed by atoms with van der Waals surface area (Å²) in [6.07, 6.45) is 2.42. The van der Waals surface area contributed by atoms with Gasteiger partial charge in [0.25, 0.3) is 0 Å². The second kappa shape index (κ2) is 5.38. The largest absolute Gasteiger partial charge is 0.311 e. The summed E-state index contributed by atoms with van der Waals surface area (Å²) < 4.78 is 25.6. The van der Waals surface area contributed by atoms with Crippen LogP contribution in [-0.2, 0) is 16.4 Å². The van der Waals surface area contributed by atoms with E-state index in [9.17, 15) is 8.42 Å². The number of aromatic nitrogens is 3. The Labute approximate surface area is 124 Å². The molecule has 1 saturated heterocycles.